The molecule has 0 saturated heterocycles. The Morgan fingerprint density at radius 1 is 1.47 bits per heavy atom. The van der Waals surface area contributed by atoms with Gasteiger partial charge in [-0.2, -0.15) is 5.10 Å². The van der Waals surface area contributed by atoms with E-state index in [1.807, 2.05) is 0 Å². The first-order chi connectivity index (χ1) is 8.18. The van der Waals surface area contributed by atoms with Crippen molar-refractivity contribution in [1.82, 2.24) is 20.1 Å². The van der Waals surface area contributed by atoms with Crippen molar-refractivity contribution < 1.29 is 9.90 Å². The second-order valence-corrected chi connectivity index (χ2v) is 3.50. The largest absolute Gasteiger partial charge is 0.505 e. The summed E-state index contributed by atoms with van der Waals surface area (Å²) in [6.45, 7) is 0.339. The molecule has 0 aliphatic heterocycles. The molecule has 1 amide bonds. The maximum absolute atomic E-state index is 11.7. The smallest absolute Gasteiger partial charge is 0.274 e. The van der Waals surface area contributed by atoms with E-state index in [1.165, 1.54) is 12.3 Å². The van der Waals surface area contributed by atoms with E-state index in [-0.39, 0.29) is 11.4 Å². The molecule has 2 rings (SSSR count). The number of pyridine rings is 1. The van der Waals surface area contributed by atoms with Gasteiger partial charge in [-0.3, -0.25) is 9.48 Å². The number of carbonyl (C=O) groups is 1. The molecule has 6 nitrogen and oxygen atoms in total. The molecule has 0 unspecified atom stereocenters. The number of aryl methyl sites for hydroxylation is 1. The zero-order valence-corrected chi connectivity index (χ0v) is 9.29. The van der Waals surface area contributed by atoms with Crippen molar-refractivity contribution in [2.24, 2.45) is 7.05 Å². The van der Waals surface area contributed by atoms with Crippen molar-refractivity contribution >= 4 is 5.91 Å². The fourth-order valence-electron chi connectivity index (χ4n) is 1.40. The molecule has 2 N–H and O–H groups in total. The van der Waals surface area contributed by atoms with Crippen molar-refractivity contribution in [2.75, 3.05) is 0 Å². The Kier molecular flexibility index (Phi) is 3.04. The number of nitrogens with zero attached hydrogens (tertiary/aromatic N) is 3. The van der Waals surface area contributed by atoms with Crippen LogP contribution in [0.2, 0.25) is 0 Å². The Balaban J connectivity index is 2.04. The predicted molar refractivity (Wildman–Crippen MR) is 60.3 cm³/mol. The van der Waals surface area contributed by atoms with Crippen LogP contribution in [0.25, 0.3) is 0 Å². The van der Waals surface area contributed by atoms with Crippen LogP contribution in [0.4, 0.5) is 0 Å². The topological polar surface area (TPSA) is 80.0 Å². The first kappa shape index (κ1) is 11.1. The molecule has 88 valence electrons. The number of amides is 1. The highest BCUT2D eigenvalue weighted by Crippen LogP contribution is 2.12. The minimum absolute atomic E-state index is 0.0228. The first-order valence-electron chi connectivity index (χ1n) is 5.07. The standard InChI is InChI=1S/C11H12N4O2/c1-15-8(4-6-14-15)7-13-11(17)10-9(16)3-2-5-12-10/h2-6,16H,7H2,1H3,(H,13,17). The second-order valence-electron chi connectivity index (χ2n) is 3.50. The molecule has 0 saturated carbocycles. The van der Waals surface area contributed by atoms with Crippen molar-refractivity contribution in [3.8, 4) is 5.75 Å². The third-order valence-electron chi connectivity index (χ3n) is 2.35. The Morgan fingerprint density at radius 2 is 2.29 bits per heavy atom. The van der Waals surface area contributed by atoms with Gasteiger partial charge >= 0.3 is 0 Å². The van der Waals surface area contributed by atoms with Crippen LogP contribution >= 0.6 is 0 Å². The number of nitrogens with one attached hydrogen (secondary N) is 1. The molecule has 0 aromatic carbocycles. The molecule has 17 heavy (non-hydrogen) atoms. The number of hydrogen-bond donors (Lipinski definition) is 2. The fourth-order valence-corrected chi connectivity index (χ4v) is 1.40. The lowest BCUT2D eigenvalue weighted by molar-refractivity contribution is 0.0942. The lowest BCUT2D eigenvalue weighted by atomic mass is 10.3. The minimum Gasteiger partial charge on any atom is -0.505 e. The number of hydrogen-bond acceptors (Lipinski definition) is 4. The lowest BCUT2D eigenvalue weighted by Crippen LogP contribution is -2.25. The van der Waals surface area contributed by atoms with E-state index in [0.29, 0.717) is 6.54 Å². The summed E-state index contributed by atoms with van der Waals surface area (Å²) in [5.74, 6) is -0.542. The summed E-state index contributed by atoms with van der Waals surface area (Å²) in [6.07, 6.45) is 3.11. The van der Waals surface area contributed by atoms with Gasteiger partial charge in [-0.15, -0.1) is 0 Å². The average molecular weight is 232 g/mol. The van der Waals surface area contributed by atoms with Gasteiger partial charge in [-0.1, -0.05) is 0 Å². The van der Waals surface area contributed by atoms with Gasteiger partial charge in [-0.05, 0) is 18.2 Å². The van der Waals surface area contributed by atoms with Crippen molar-refractivity contribution in [2.45, 2.75) is 6.54 Å². The van der Waals surface area contributed by atoms with Gasteiger partial charge in [0.05, 0.1) is 12.2 Å². The lowest BCUT2D eigenvalue weighted by Gasteiger charge is -2.05. The van der Waals surface area contributed by atoms with Crippen LogP contribution in [0.15, 0.2) is 30.6 Å². The van der Waals surface area contributed by atoms with E-state index >= 15 is 0 Å². The highest BCUT2D eigenvalue weighted by atomic mass is 16.3. The molecule has 0 bridgehead atoms. The van der Waals surface area contributed by atoms with Crippen molar-refractivity contribution in [3.05, 3.63) is 42.0 Å². The molecule has 2 aromatic heterocycles. The van der Waals surface area contributed by atoms with E-state index in [1.54, 1.807) is 30.1 Å². The SMILES string of the molecule is Cn1nccc1CNC(=O)c1ncccc1O. The van der Waals surface area contributed by atoms with Gasteiger partial charge in [0.15, 0.2) is 5.69 Å². The average Bonchev–Trinajstić information content (AvgIpc) is 2.72. The van der Waals surface area contributed by atoms with Crippen LogP contribution in [0.3, 0.4) is 0 Å². The molecular formula is C11H12N4O2. The molecule has 0 fully saturated rings. The summed E-state index contributed by atoms with van der Waals surface area (Å²) in [6, 6.07) is 4.79. The zero-order valence-electron chi connectivity index (χ0n) is 9.29. The quantitative estimate of drug-likeness (QED) is 0.805. The third-order valence-corrected chi connectivity index (χ3v) is 2.35. The third kappa shape index (κ3) is 2.41. The summed E-state index contributed by atoms with van der Waals surface area (Å²) in [5, 5.41) is 16.1. The van der Waals surface area contributed by atoms with E-state index in [4.69, 9.17) is 0 Å². The minimum atomic E-state index is -0.413. The summed E-state index contributed by atoms with van der Waals surface area (Å²) >= 11 is 0. The first-order valence-corrected chi connectivity index (χ1v) is 5.07. The van der Waals surface area contributed by atoms with Gasteiger partial charge in [0.2, 0.25) is 0 Å². The highest BCUT2D eigenvalue weighted by molar-refractivity contribution is 5.94. The van der Waals surface area contributed by atoms with Crippen molar-refractivity contribution in [3.63, 3.8) is 0 Å². The van der Waals surface area contributed by atoms with Crippen LogP contribution in [-0.4, -0.2) is 25.8 Å². The molecular weight excluding hydrogens is 220 g/mol. The van der Waals surface area contributed by atoms with Gasteiger partial charge in [0.1, 0.15) is 5.75 Å². The van der Waals surface area contributed by atoms with E-state index in [9.17, 15) is 9.90 Å². The summed E-state index contributed by atoms with van der Waals surface area (Å²) in [7, 11) is 1.79. The molecule has 0 aliphatic rings. The van der Waals surface area contributed by atoms with Crippen LogP contribution in [0.1, 0.15) is 16.2 Å². The zero-order chi connectivity index (χ0) is 12.3. The van der Waals surface area contributed by atoms with Gasteiger partial charge in [0, 0.05) is 19.4 Å². The van der Waals surface area contributed by atoms with E-state index in [0.717, 1.165) is 5.69 Å². The Morgan fingerprint density at radius 3 is 2.94 bits per heavy atom. The Hall–Kier alpha value is -2.37. The Labute approximate surface area is 97.9 Å². The molecule has 0 atom stereocenters. The van der Waals surface area contributed by atoms with Crippen LogP contribution in [0.5, 0.6) is 5.75 Å². The van der Waals surface area contributed by atoms with Crippen molar-refractivity contribution in [1.29, 1.82) is 0 Å². The molecule has 2 heterocycles. The number of carbonyl (C=O) groups excluding carboxylic acids is 1. The van der Waals surface area contributed by atoms with Gasteiger partial charge in [-0.25, -0.2) is 4.98 Å². The maximum Gasteiger partial charge on any atom is 0.274 e. The maximum atomic E-state index is 11.7. The monoisotopic (exact) mass is 232 g/mol. The Bertz CT molecular complexity index is 536. The van der Waals surface area contributed by atoms with Crippen LogP contribution in [-0.2, 0) is 13.6 Å². The molecule has 2 aromatic rings. The van der Waals surface area contributed by atoms with Crippen LogP contribution < -0.4 is 5.32 Å². The normalized spacial score (nSPS) is 10.2. The summed E-state index contributed by atoms with van der Waals surface area (Å²) in [5.41, 5.74) is 0.892. The fraction of sp³-hybridized carbons (Fsp3) is 0.182. The second kappa shape index (κ2) is 4.65. The van der Waals surface area contributed by atoms with Crippen LogP contribution in [0, 0.1) is 0 Å². The highest BCUT2D eigenvalue weighted by Gasteiger charge is 2.11. The molecule has 6 heteroatoms. The van der Waals surface area contributed by atoms with E-state index in [2.05, 4.69) is 15.4 Å². The molecule has 0 spiro atoms. The molecule has 0 radical (unpaired) electrons. The van der Waals surface area contributed by atoms with Gasteiger partial charge < -0.3 is 10.4 Å². The number of aromatic nitrogens is 3. The van der Waals surface area contributed by atoms with E-state index < -0.39 is 5.91 Å². The predicted octanol–water partition coefficient (Wildman–Crippen LogP) is 0.451. The molecule has 0 aliphatic carbocycles. The summed E-state index contributed by atoms with van der Waals surface area (Å²) in [4.78, 5) is 15.5. The van der Waals surface area contributed by atoms with Gasteiger partial charge in [0.25, 0.3) is 5.91 Å². The number of rotatable bonds is 3. The number of aromatic hydroxyl groups is 1. The summed E-state index contributed by atoms with van der Waals surface area (Å²) < 4.78 is 1.67.